The number of nitrogens with zero attached hydrogens (tertiary/aromatic N) is 1. The van der Waals surface area contributed by atoms with E-state index in [4.69, 9.17) is 4.74 Å². The minimum absolute atomic E-state index is 0.0200. The van der Waals surface area contributed by atoms with Gasteiger partial charge in [-0.3, -0.25) is 14.4 Å². The van der Waals surface area contributed by atoms with E-state index in [-0.39, 0.29) is 42.2 Å². The van der Waals surface area contributed by atoms with Crippen LogP contribution in [0.5, 0.6) is 0 Å². The lowest BCUT2D eigenvalue weighted by Gasteiger charge is -2.31. The minimum atomic E-state index is -0.313. The lowest BCUT2D eigenvalue weighted by Crippen LogP contribution is -3.14. The predicted octanol–water partition coefficient (Wildman–Crippen LogP) is -1.47. The highest BCUT2D eigenvalue weighted by atomic mass is 32.2. The van der Waals surface area contributed by atoms with Gasteiger partial charge in [0.25, 0.3) is 11.8 Å². The Morgan fingerprint density at radius 3 is 2.61 bits per heavy atom. The van der Waals surface area contributed by atoms with Gasteiger partial charge in [0.15, 0.2) is 13.1 Å². The highest BCUT2D eigenvalue weighted by Crippen LogP contribution is 2.19. The van der Waals surface area contributed by atoms with Crippen molar-refractivity contribution in [2.24, 2.45) is 0 Å². The summed E-state index contributed by atoms with van der Waals surface area (Å²) in [5, 5.41) is 2.53. The third-order valence-corrected chi connectivity index (χ3v) is 4.81. The number of rotatable bonds is 7. The molecule has 1 rings (SSSR count). The van der Waals surface area contributed by atoms with Crippen molar-refractivity contribution in [1.29, 1.82) is 0 Å². The van der Waals surface area contributed by atoms with Crippen LogP contribution >= 0.6 is 11.8 Å². The Balaban J connectivity index is 2.52. The number of ether oxygens (including phenoxy) is 1. The van der Waals surface area contributed by atoms with Gasteiger partial charge in [-0.25, -0.2) is 0 Å². The minimum Gasteiger partial charge on any atom is -0.468 e. The molecule has 0 aromatic heterocycles. The number of amides is 2. The molecule has 0 saturated carbocycles. The first-order chi connectivity index (χ1) is 10.9. The second kappa shape index (κ2) is 9.77. The number of hydrogen-bond acceptors (Lipinski definition) is 5. The Labute approximate surface area is 142 Å². The van der Waals surface area contributed by atoms with Crippen molar-refractivity contribution in [2.45, 2.75) is 32.1 Å². The van der Waals surface area contributed by atoms with Crippen LogP contribution in [0, 0.1) is 0 Å². The SMILES string of the molecule is CC[NH+](CC(=O)NC(C)C)CC(=O)N1CCS[C@H](C(=O)OC)C1. The summed E-state index contributed by atoms with van der Waals surface area (Å²) in [5.74, 6) is 0.365. The number of thioether (sulfide) groups is 1. The lowest BCUT2D eigenvalue weighted by atomic mass is 10.3. The predicted molar refractivity (Wildman–Crippen MR) is 89.4 cm³/mol. The summed E-state index contributed by atoms with van der Waals surface area (Å²) < 4.78 is 4.75. The first-order valence-corrected chi connectivity index (χ1v) is 9.02. The normalized spacial score (nSPS) is 19.3. The number of carbonyl (C=O) groups is 3. The number of esters is 1. The van der Waals surface area contributed by atoms with Crippen molar-refractivity contribution in [2.75, 3.05) is 45.6 Å². The molecular weight excluding hydrogens is 318 g/mol. The fraction of sp³-hybridized carbons (Fsp3) is 0.800. The van der Waals surface area contributed by atoms with Gasteiger partial charge in [-0.2, -0.15) is 0 Å². The van der Waals surface area contributed by atoms with Crippen molar-refractivity contribution < 1.29 is 24.0 Å². The topological polar surface area (TPSA) is 80.2 Å². The molecule has 1 unspecified atom stereocenters. The van der Waals surface area contributed by atoms with E-state index in [1.807, 2.05) is 20.8 Å². The van der Waals surface area contributed by atoms with Crippen LogP contribution in [0.3, 0.4) is 0 Å². The molecular formula is C15H28N3O4S+. The quantitative estimate of drug-likeness (QED) is 0.551. The van der Waals surface area contributed by atoms with Crippen molar-refractivity contribution in [1.82, 2.24) is 10.2 Å². The van der Waals surface area contributed by atoms with Crippen LogP contribution in [-0.2, 0) is 19.1 Å². The van der Waals surface area contributed by atoms with Crippen LogP contribution in [0.1, 0.15) is 20.8 Å². The molecule has 0 bridgehead atoms. The molecule has 0 aromatic carbocycles. The van der Waals surface area contributed by atoms with E-state index in [9.17, 15) is 14.4 Å². The zero-order chi connectivity index (χ0) is 17.4. The van der Waals surface area contributed by atoms with Crippen LogP contribution in [0.4, 0.5) is 0 Å². The Morgan fingerprint density at radius 2 is 2.04 bits per heavy atom. The standard InChI is InChI=1S/C15H27N3O4S/c1-5-17(9-13(19)16-11(2)3)10-14(20)18-6-7-23-12(8-18)15(21)22-4/h11-12H,5-10H2,1-4H3,(H,16,19)/p+1/t12-/m0/s1. The molecule has 1 aliphatic rings. The number of quaternary nitrogens is 1. The number of methoxy groups -OCH3 is 1. The third kappa shape index (κ3) is 6.78. The molecule has 132 valence electrons. The average Bonchev–Trinajstić information content (AvgIpc) is 2.52. The smallest absolute Gasteiger partial charge is 0.320 e. The molecule has 8 heteroatoms. The highest BCUT2D eigenvalue weighted by molar-refractivity contribution is 8.00. The lowest BCUT2D eigenvalue weighted by molar-refractivity contribution is -0.882. The van der Waals surface area contributed by atoms with E-state index in [1.165, 1.54) is 18.9 Å². The average molecular weight is 346 g/mol. The van der Waals surface area contributed by atoms with Crippen molar-refractivity contribution in [3.05, 3.63) is 0 Å². The van der Waals surface area contributed by atoms with Crippen molar-refractivity contribution in [3.8, 4) is 0 Å². The third-order valence-electron chi connectivity index (χ3n) is 3.64. The maximum atomic E-state index is 12.4. The summed E-state index contributed by atoms with van der Waals surface area (Å²) in [7, 11) is 1.36. The summed E-state index contributed by atoms with van der Waals surface area (Å²) in [5.41, 5.74) is 0. The number of nitrogens with one attached hydrogen (secondary N) is 2. The van der Waals surface area contributed by atoms with E-state index in [0.29, 0.717) is 19.6 Å². The fourth-order valence-electron chi connectivity index (χ4n) is 2.39. The van der Waals surface area contributed by atoms with Gasteiger partial charge in [0, 0.05) is 24.9 Å². The molecule has 2 N–H and O–H groups in total. The largest absolute Gasteiger partial charge is 0.468 e. The van der Waals surface area contributed by atoms with Crippen LogP contribution in [0.2, 0.25) is 0 Å². The molecule has 1 heterocycles. The summed E-state index contributed by atoms with van der Waals surface area (Å²) in [6, 6.07) is 0.0937. The molecule has 1 saturated heterocycles. The number of likely N-dealkylation sites (N-methyl/N-ethyl adjacent to an activating group) is 1. The van der Waals surface area contributed by atoms with Crippen LogP contribution in [0.15, 0.2) is 0 Å². The van der Waals surface area contributed by atoms with Crippen molar-refractivity contribution >= 4 is 29.5 Å². The molecule has 0 radical (unpaired) electrons. The molecule has 0 aliphatic carbocycles. The summed E-state index contributed by atoms with van der Waals surface area (Å²) in [6.45, 7) is 8.02. The first-order valence-electron chi connectivity index (χ1n) is 7.97. The highest BCUT2D eigenvalue weighted by Gasteiger charge is 2.31. The number of hydrogen-bond donors (Lipinski definition) is 2. The molecule has 1 aliphatic heterocycles. The zero-order valence-electron chi connectivity index (χ0n) is 14.4. The van der Waals surface area contributed by atoms with Gasteiger partial charge >= 0.3 is 5.97 Å². The first kappa shape index (κ1) is 19.8. The van der Waals surface area contributed by atoms with E-state index in [1.54, 1.807) is 4.90 Å². The molecule has 1 fully saturated rings. The summed E-state index contributed by atoms with van der Waals surface area (Å²) in [4.78, 5) is 38.5. The Morgan fingerprint density at radius 1 is 1.35 bits per heavy atom. The fourth-order valence-corrected chi connectivity index (χ4v) is 3.52. The van der Waals surface area contributed by atoms with Gasteiger partial charge in [0.05, 0.1) is 13.7 Å². The van der Waals surface area contributed by atoms with Gasteiger partial charge in [-0.15, -0.1) is 11.8 Å². The summed E-state index contributed by atoms with van der Waals surface area (Å²) in [6.07, 6.45) is 0. The second-order valence-electron chi connectivity index (χ2n) is 5.90. The Kier molecular flexibility index (Phi) is 8.40. The maximum Gasteiger partial charge on any atom is 0.320 e. The van der Waals surface area contributed by atoms with E-state index in [0.717, 1.165) is 10.7 Å². The van der Waals surface area contributed by atoms with Crippen LogP contribution in [0.25, 0.3) is 0 Å². The van der Waals surface area contributed by atoms with E-state index in [2.05, 4.69) is 5.32 Å². The molecule has 23 heavy (non-hydrogen) atoms. The van der Waals surface area contributed by atoms with Gasteiger partial charge in [-0.05, 0) is 20.8 Å². The summed E-state index contributed by atoms with van der Waals surface area (Å²) >= 11 is 1.52. The molecule has 2 atom stereocenters. The van der Waals surface area contributed by atoms with Crippen LogP contribution < -0.4 is 10.2 Å². The van der Waals surface area contributed by atoms with E-state index < -0.39 is 0 Å². The molecule has 7 nitrogen and oxygen atoms in total. The van der Waals surface area contributed by atoms with Gasteiger partial charge in [-0.1, -0.05) is 0 Å². The van der Waals surface area contributed by atoms with Crippen molar-refractivity contribution in [3.63, 3.8) is 0 Å². The molecule has 0 aromatic rings. The maximum absolute atomic E-state index is 12.4. The van der Waals surface area contributed by atoms with Gasteiger partial charge in [0.1, 0.15) is 5.25 Å². The van der Waals surface area contributed by atoms with E-state index >= 15 is 0 Å². The molecule has 0 spiro atoms. The molecule has 2 amide bonds. The zero-order valence-corrected chi connectivity index (χ0v) is 15.2. The van der Waals surface area contributed by atoms with Gasteiger partial charge < -0.3 is 19.9 Å². The Bertz CT molecular complexity index is 431. The van der Waals surface area contributed by atoms with Gasteiger partial charge in [0.2, 0.25) is 0 Å². The van der Waals surface area contributed by atoms with Crippen LogP contribution in [-0.4, -0.2) is 79.6 Å². The Hall–Kier alpha value is -1.28. The number of carbonyl (C=O) groups excluding carboxylic acids is 3. The second-order valence-corrected chi connectivity index (χ2v) is 7.21. The monoisotopic (exact) mass is 346 g/mol.